The number of nitrogens with one attached hydrogen (secondary N) is 1. The normalized spacial score (nSPS) is 13.6. The molecule has 2 heteroatoms. The fraction of sp³-hybridized carbons (Fsp3) is 1.00. The van der Waals surface area contributed by atoms with Gasteiger partial charge >= 0.3 is 0 Å². The van der Waals surface area contributed by atoms with Crippen LogP contribution in [0.25, 0.3) is 0 Å². The molecule has 0 heterocycles. The van der Waals surface area contributed by atoms with Crippen LogP contribution in [-0.2, 0) is 0 Å². The number of likely N-dealkylation sites (N-methyl/N-ethyl adjacent to an activating group) is 2. The summed E-state index contributed by atoms with van der Waals surface area (Å²) in [5.74, 6) is 0. The van der Waals surface area contributed by atoms with E-state index < -0.39 is 0 Å². The van der Waals surface area contributed by atoms with Crippen molar-refractivity contribution >= 4 is 0 Å². The van der Waals surface area contributed by atoms with Crippen molar-refractivity contribution in [2.45, 2.75) is 45.6 Å². The molecule has 0 aliphatic heterocycles. The van der Waals surface area contributed by atoms with Gasteiger partial charge in [-0.05, 0) is 26.9 Å². The highest BCUT2D eigenvalue weighted by Gasteiger charge is 2.10. The fourth-order valence-electron chi connectivity index (χ4n) is 1.65. The molecule has 0 aliphatic rings. The van der Waals surface area contributed by atoms with E-state index in [1.807, 2.05) is 7.05 Å². The molecule has 0 bridgehead atoms. The van der Waals surface area contributed by atoms with Crippen molar-refractivity contribution in [3.63, 3.8) is 0 Å². The SMILES string of the molecule is CCCCC(CC)N(C)CCNC. The number of unbranched alkanes of at least 4 members (excludes halogenated alkanes) is 1. The Balaban J connectivity index is 3.63. The zero-order chi connectivity index (χ0) is 10.1. The average Bonchev–Trinajstić information content (AvgIpc) is 2.16. The predicted molar refractivity (Wildman–Crippen MR) is 60.2 cm³/mol. The maximum Gasteiger partial charge on any atom is 0.0107 e. The number of nitrogens with zero attached hydrogens (tertiary/aromatic N) is 1. The lowest BCUT2D eigenvalue weighted by atomic mass is 10.1. The van der Waals surface area contributed by atoms with Gasteiger partial charge in [0.05, 0.1) is 0 Å². The van der Waals surface area contributed by atoms with E-state index in [1.165, 1.54) is 32.2 Å². The zero-order valence-electron chi connectivity index (χ0n) is 9.77. The molecule has 0 aromatic rings. The molecule has 0 aliphatic carbocycles. The molecule has 1 unspecified atom stereocenters. The third-order valence-electron chi connectivity index (χ3n) is 2.70. The Morgan fingerprint density at radius 2 is 2.00 bits per heavy atom. The highest BCUT2D eigenvalue weighted by atomic mass is 15.1. The molecule has 0 radical (unpaired) electrons. The Labute approximate surface area is 83.7 Å². The van der Waals surface area contributed by atoms with E-state index in [2.05, 4.69) is 31.1 Å². The molecular formula is C11H26N2. The maximum absolute atomic E-state index is 3.19. The standard InChI is InChI=1S/C11H26N2/c1-5-7-8-11(6-2)13(4)10-9-12-3/h11-12H,5-10H2,1-4H3. The smallest absolute Gasteiger partial charge is 0.0107 e. The van der Waals surface area contributed by atoms with Crippen LogP contribution < -0.4 is 5.32 Å². The summed E-state index contributed by atoms with van der Waals surface area (Å²) >= 11 is 0. The predicted octanol–water partition coefficient (Wildman–Crippen LogP) is 2.11. The van der Waals surface area contributed by atoms with Gasteiger partial charge in [-0.25, -0.2) is 0 Å². The molecule has 0 aromatic heterocycles. The Morgan fingerprint density at radius 3 is 2.46 bits per heavy atom. The molecular weight excluding hydrogens is 160 g/mol. The van der Waals surface area contributed by atoms with Crippen LogP contribution in [-0.4, -0.2) is 38.1 Å². The van der Waals surface area contributed by atoms with Crippen LogP contribution in [0.15, 0.2) is 0 Å². The van der Waals surface area contributed by atoms with Gasteiger partial charge < -0.3 is 10.2 Å². The number of hydrogen-bond acceptors (Lipinski definition) is 2. The minimum absolute atomic E-state index is 0.785. The Bertz CT molecular complexity index is 104. The van der Waals surface area contributed by atoms with Crippen LogP contribution in [0.3, 0.4) is 0 Å². The molecule has 1 N–H and O–H groups in total. The first-order chi connectivity index (χ1) is 6.26. The topological polar surface area (TPSA) is 15.3 Å². The van der Waals surface area contributed by atoms with Gasteiger partial charge in [-0.15, -0.1) is 0 Å². The summed E-state index contributed by atoms with van der Waals surface area (Å²) in [6.45, 7) is 6.81. The van der Waals surface area contributed by atoms with Crippen LogP contribution in [0, 0.1) is 0 Å². The van der Waals surface area contributed by atoms with E-state index in [4.69, 9.17) is 0 Å². The first kappa shape index (κ1) is 12.9. The van der Waals surface area contributed by atoms with Crippen LogP contribution in [0.1, 0.15) is 39.5 Å². The minimum Gasteiger partial charge on any atom is -0.318 e. The van der Waals surface area contributed by atoms with Crippen LogP contribution >= 0.6 is 0 Å². The molecule has 1 atom stereocenters. The summed E-state index contributed by atoms with van der Waals surface area (Å²) in [4.78, 5) is 2.48. The molecule has 80 valence electrons. The second kappa shape index (κ2) is 8.52. The minimum atomic E-state index is 0.785. The summed E-state index contributed by atoms with van der Waals surface area (Å²) in [5, 5.41) is 3.19. The van der Waals surface area contributed by atoms with Crippen LogP contribution in [0.2, 0.25) is 0 Å². The van der Waals surface area contributed by atoms with E-state index in [0.717, 1.165) is 12.6 Å². The van der Waals surface area contributed by atoms with Crippen molar-refractivity contribution in [2.75, 3.05) is 27.2 Å². The van der Waals surface area contributed by atoms with E-state index in [9.17, 15) is 0 Å². The fourth-order valence-corrected chi connectivity index (χ4v) is 1.65. The Kier molecular flexibility index (Phi) is 8.46. The molecule has 0 aromatic carbocycles. The van der Waals surface area contributed by atoms with E-state index >= 15 is 0 Å². The van der Waals surface area contributed by atoms with Crippen molar-refractivity contribution in [3.05, 3.63) is 0 Å². The molecule has 0 saturated carbocycles. The molecule has 0 spiro atoms. The second-order valence-electron chi connectivity index (χ2n) is 3.79. The van der Waals surface area contributed by atoms with Gasteiger partial charge in [-0.1, -0.05) is 26.7 Å². The van der Waals surface area contributed by atoms with E-state index in [1.54, 1.807) is 0 Å². The quantitative estimate of drug-likeness (QED) is 0.624. The van der Waals surface area contributed by atoms with Gasteiger partial charge in [0.15, 0.2) is 0 Å². The van der Waals surface area contributed by atoms with Gasteiger partial charge in [0.1, 0.15) is 0 Å². The van der Waals surface area contributed by atoms with Crippen LogP contribution in [0.4, 0.5) is 0 Å². The van der Waals surface area contributed by atoms with Gasteiger partial charge in [0.2, 0.25) is 0 Å². The molecule has 13 heavy (non-hydrogen) atoms. The summed E-state index contributed by atoms with van der Waals surface area (Å²) in [6, 6.07) is 0.785. The molecule has 0 amide bonds. The third-order valence-corrected chi connectivity index (χ3v) is 2.70. The van der Waals surface area contributed by atoms with E-state index in [-0.39, 0.29) is 0 Å². The lowest BCUT2D eigenvalue weighted by Gasteiger charge is -2.26. The summed E-state index contributed by atoms with van der Waals surface area (Å²) in [7, 11) is 4.25. The van der Waals surface area contributed by atoms with Crippen molar-refractivity contribution in [1.29, 1.82) is 0 Å². The Hall–Kier alpha value is -0.0800. The maximum atomic E-state index is 3.19. The lowest BCUT2D eigenvalue weighted by molar-refractivity contribution is 0.222. The molecule has 0 fully saturated rings. The lowest BCUT2D eigenvalue weighted by Crippen LogP contribution is -2.35. The van der Waals surface area contributed by atoms with Gasteiger partial charge in [0.25, 0.3) is 0 Å². The van der Waals surface area contributed by atoms with Gasteiger partial charge in [-0.2, -0.15) is 0 Å². The third kappa shape index (κ3) is 6.05. The summed E-state index contributed by atoms with van der Waals surface area (Å²) < 4.78 is 0. The zero-order valence-corrected chi connectivity index (χ0v) is 9.77. The van der Waals surface area contributed by atoms with Crippen molar-refractivity contribution in [1.82, 2.24) is 10.2 Å². The summed E-state index contributed by atoms with van der Waals surface area (Å²) in [6.07, 6.45) is 5.31. The van der Waals surface area contributed by atoms with Crippen LogP contribution in [0.5, 0.6) is 0 Å². The van der Waals surface area contributed by atoms with Gasteiger partial charge in [-0.3, -0.25) is 0 Å². The second-order valence-corrected chi connectivity index (χ2v) is 3.79. The van der Waals surface area contributed by atoms with E-state index in [0.29, 0.717) is 0 Å². The van der Waals surface area contributed by atoms with Gasteiger partial charge in [0, 0.05) is 19.1 Å². The van der Waals surface area contributed by atoms with Crippen molar-refractivity contribution in [3.8, 4) is 0 Å². The molecule has 0 rings (SSSR count). The number of hydrogen-bond donors (Lipinski definition) is 1. The largest absolute Gasteiger partial charge is 0.318 e. The van der Waals surface area contributed by atoms with Crippen molar-refractivity contribution in [2.24, 2.45) is 0 Å². The molecule has 0 saturated heterocycles. The number of rotatable bonds is 8. The first-order valence-corrected chi connectivity index (χ1v) is 5.61. The highest BCUT2D eigenvalue weighted by Crippen LogP contribution is 2.09. The summed E-state index contributed by atoms with van der Waals surface area (Å²) in [5.41, 5.74) is 0. The average molecular weight is 186 g/mol. The first-order valence-electron chi connectivity index (χ1n) is 5.61. The van der Waals surface area contributed by atoms with Crippen molar-refractivity contribution < 1.29 is 0 Å². The Morgan fingerprint density at radius 1 is 1.31 bits per heavy atom. The highest BCUT2D eigenvalue weighted by molar-refractivity contribution is 4.67. The molecule has 2 nitrogen and oxygen atoms in total. The monoisotopic (exact) mass is 186 g/mol.